The van der Waals surface area contributed by atoms with Crippen molar-refractivity contribution in [3.8, 4) is 11.5 Å². The number of hydrogen-bond acceptors (Lipinski definition) is 11. The van der Waals surface area contributed by atoms with E-state index in [0.717, 1.165) is 36.2 Å². The number of nitrogens with one attached hydrogen (secondary N) is 4. The normalized spacial score (nSPS) is 14.1. The van der Waals surface area contributed by atoms with Gasteiger partial charge in [-0.1, -0.05) is 25.1 Å². The number of ether oxygens (including phenoxy) is 3. The zero-order chi connectivity index (χ0) is 43.8. The fraction of sp³-hybridized carbons (Fsp3) is 0.378. The highest BCUT2D eigenvalue weighted by Crippen LogP contribution is 2.42. The van der Waals surface area contributed by atoms with Crippen LogP contribution >= 0.6 is 0 Å². The maximum absolute atomic E-state index is 13.9. The summed E-state index contributed by atoms with van der Waals surface area (Å²) in [5.74, 6) is -0.304. The van der Waals surface area contributed by atoms with E-state index in [2.05, 4.69) is 37.2 Å². The second-order valence-electron chi connectivity index (χ2n) is 15.3. The van der Waals surface area contributed by atoms with Crippen molar-refractivity contribution in [3.05, 3.63) is 89.6 Å². The van der Waals surface area contributed by atoms with Crippen molar-refractivity contribution >= 4 is 63.4 Å². The van der Waals surface area contributed by atoms with E-state index in [-0.39, 0.29) is 67.2 Å². The number of imidazole rings is 1. The van der Waals surface area contributed by atoms with Crippen molar-refractivity contribution in [3.63, 3.8) is 0 Å². The van der Waals surface area contributed by atoms with Crippen molar-refractivity contribution in [2.75, 3.05) is 74.0 Å². The van der Waals surface area contributed by atoms with Crippen molar-refractivity contribution in [2.24, 2.45) is 7.05 Å². The Kier molecular flexibility index (Phi) is 13.7. The Bertz CT molecular complexity index is 2460. The number of aryl methyl sites for hydroxylation is 1. The van der Waals surface area contributed by atoms with Gasteiger partial charge in [0, 0.05) is 88.8 Å². The Morgan fingerprint density at radius 2 is 1.69 bits per heavy atom. The summed E-state index contributed by atoms with van der Waals surface area (Å²) in [6, 6.07) is 18.1. The molecule has 0 saturated carbocycles. The fourth-order valence-corrected chi connectivity index (χ4v) is 7.63. The first-order valence-corrected chi connectivity index (χ1v) is 20.8. The van der Waals surface area contributed by atoms with Crippen molar-refractivity contribution in [2.45, 2.75) is 51.5 Å². The second-order valence-corrected chi connectivity index (χ2v) is 15.3. The third-order valence-corrected chi connectivity index (χ3v) is 10.6. The zero-order valence-corrected chi connectivity index (χ0v) is 35.4. The summed E-state index contributed by atoms with van der Waals surface area (Å²) in [7, 11) is 5.14. The number of nitrogens with zero attached hydrogens (tertiary/aromatic N) is 4. The van der Waals surface area contributed by atoms with E-state index in [0.29, 0.717) is 66.4 Å². The van der Waals surface area contributed by atoms with Gasteiger partial charge < -0.3 is 54.3 Å². The van der Waals surface area contributed by atoms with E-state index in [4.69, 9.17) is 18.6 Å². The molecule has 0 aliphatic carbocycles. The Labute approximate surface area is 359 Å². The summed E-state index contributed by atoms with van der Waals surface area (Å²) >= 11 is 0. The van der Waals surface area contributed by atoms with Crippen LogP contribution < -0.4 is 40.5 Å². The highest BCUT2D eigenvalue weighted by atomic mass is 16.5. The lowest BCUT2D eigenvalue weighted by Gasteiger charge is -2.25. The lowest BCUT2D eigenvalue weighted by atomic mass is 10.1. The Hall–Kier alpha value is -6.88. The van der Waals surface area contributed by atoms with Gasteiger partial charge in [0.15, 0.2) is 23.1 Å². The van der Waals surface area contributed by atoms with E-state index >= 15 is 0 Å². The van der Waals surface area contributed by atoms with Crippen LogP contribution in [0.2, 0.25) is 0 Å². The maximum Gasteiger partial charge on any atom is 0.291 e. The first kappa shape index (κ1) is 43.2. The number of rotatable bonds is 19. The average molecular weight is 849 g/mol. The molecule has 0 bridgehead atoms. The number of carbonyl (C=O) groups excluding carboxylic acids is 5. The van der Waals surface area contributed by atoms with Crippen LogP contribution in [0.1, 0.15) is 76.1 Å². The molecule has 3 aromatic carbocycles. The molecule has 2 aliphatic heterocycles. The molecule has 17 nitrogen and oxygen atoms in total. The van der Waals surface area contributed by atoms with Gasteiger partial charge in [-0.15, -0.1) is 0 Å². The Morgan fingerprint density at radius 3 is 2.52 bits per heavy atom. The predicted molar refractivity (Wildman–Crippen MR) is 233 cm³/mol. The third-order valence-electron chi connectivity index (χ3n) is 10.6. The van der Waals surface area contributed by atoms with E-state index < -0.39 is 11.8 Å². The summed E-state index contributed by atoms with van der Waals surface area (Å²) in [6.45, 7) is 4.83. The van der Waals surface area contributed by atoms with Gasteiger partial charge in [-0.05, 0) is 67.6 Å². The molecule has 4 N–H and O–H groups in total. The predicted octanol–water partition coefficient (Wildman–Crippen LogP) is 5.30. The van der Waals surface area contributed by atoms with Gasteiger partial charge in [0.25, 0.3) is 17.7 Å². The second kappa shape index (κ2) is 19.7. The summed E-state index contributed by atoms with van der Waals surface area (Å²) in [5.41, 5.74) is 4.26. The van der Waals surface area contributed by atoms with Crippen LogP contribution in [0.3, 0.4) is 0 Å². The molecule has 1 atom stereocenters. The summed E-state index contributed by atoms with van der Waals surface area (Å²) in [4.78, 5) is 73.1. The summed E-state index contributed by atoms with van der Waals surface area (Å²) in [6.07, 6.45) is 4.61. The highest BCUT2D eigenvalue weighted by Gasteiger charge is 2.39. The molecule has 0 radical (unpaired) electrons. The molecule has 62 heavy (non-hydrogen) atoms. The Morgan fingerprint density at radius 1 is 0.855 bits per heavy atom. The fourth-order valence-electron chi connectivity index (χ4n) is 7.63. The van der Waals surface area contributed by atoms with Gasteiger partial charge in [0.1, 0.15) is 5.58 Å². The molecule has 5 amide bonds. The van der Waals surface area contributed by atoms with Gasteiger partial charge in [-0.2, -0.15) is 0 Å². The minimum Gasteiger partial charge on any atom is -0.493 e. The molecule has 0 fully saturated rings. The number of amides is 5. The first-order valence-electron chi connectivity index (χ1n) is 20.8. The van der Waals surface area contributed by atoms with E-state index in [9.17, 15) is 24.0 Å². The highest BCUT2D eigenvalue weighted by molar-refractivity contribution is 6.12. The maximum atomic E-state index is 13.9. The SMILES string of the molecule is CCCOCCCNC(=O)CCNC(=O)c1cc2cc(NC(=O)c3nc(NC(=O)CCCOc4cc5c(cc4OC)C(=O)N4c6ccccc6C[C@H]4CN5C)cn3C)ccc2o1. The van der Waals surface area contributed by atoms with E-state index in [1.54, 1.807) is 43.6 Å². The third kappa shape index (κ3) is 10.0. The molecular formula is C45H52N8O9. The number of methoxy groups -OCH3 is 1. The number of para-hydroxylation sites is 1. The van der Waals surface area contributed by atoms with Crippen LogP contribution in [0.15, 0.2) is 71.3 Å². The molecular weight excluding hydrogens is 797 g/mol. The number of hydrogen-bond donors (Lipinski definition) is 4. The van der Waals surface area contributed by atoms with Crippen LogP contribution in [0.25, 0.3) is 11.0 Å². The number of likely N-dealkylation sites (N-methyl/N-ethyl adjacent to an activating group) is 1. The van der Waals surface area contributed by atoms with Crippen molar-refractivity contribution in [1.82, 2.24) is 20.2 Å². The minimum atomic E-state index is -0.513. The summed E-state index contributed by atoms with van der Waals surface area (Å²) in [5, 5.41) is 11.6. The lowest BCUT2D eigenvalue weighted by Crippen LogP contribution is -2.41. The molecule has 5 aromatic rings. The molecule has 326 valence electrons. The number of benzene rings is 3. The molecule has 17 heteroatoms. The quantitative estimate of drug-likeness (QED) is 0.0787. The summed E-state index contributed by atoms with van der Waals surface area (Å²) < 4.78 is 24.3. The molecule has 0 saturated heterocycles. The van der Waals surface area contributed by atoms with Gasteiger partial charge in [0.2, 0.25) is 17.6 Å². The number of carbonyl (C=O) groups is 5. The topological polar surface area (TPSA) is 199 Å². The van der Waals surface area contributed by atoms with Crippen molar-refractivity contribution < 1.29 is 42.6 Å². The van der Waals surface area contributed by atoms with Crippen LogP contribution in [-0.2, 0) is 27.8 Å². The van der Waals surface area contributed by atoms with Crippen LogP contribution in [0, 0.1) is 0 Å². The number of aromatic nitrogens is 2. The lowest BCUT2D eigenvalue weighted by molar-refractivity contribution is -0.121. The molecule has 2 aliphatic rings. The van der Waals surface area contributed by atoms with Gasteiger partial charge in [-0.3, -0.25) is 24.0 Å². The monoisotopic (exact) mass is 848 g/mol. The number of anilines is 4. The van der Waals surface area contributed by atoms with Gasteiger partial charge >= 0.3 is 0 Å². The first-order chi connectivity index (χ1) is 30.0. The average Bonchev–Trinajstić information content (AvgIpc) is 3.95. The van der Waals surface area contributed by atoms with E-state index in [1.807, 2.05) is 43.1 Å². The van der Waals surface area contributed by atoms with Crippen LogP contribution in [0.4, 0.5) is 22.9 Å². The minimum absolute atomic E-state index is 0.0105. The van der Waals surface area contributed by atoms with Crippen LogP contribution in [-0.4, -0.2) is 98.7 Å². The largest absolute Gasteiger partial charge is 0.493 e. The van der Waals surface area contributed by atoms with E-state index in [1.165, 1.54) is 11.7 Å². The molecule has 7 rings (SSSR count). The van der Waals surface area contributed by atoms with Crippen LogP contribution in [0.5, 0.6) is 11.5 Å². The molecule has 4 heterocycles. The smallest absolute Gasteiger partial charge is 0.291 e. The molecule has 0 unspecified atom stereocenters. The zero-order valence-electron chi connectivity index (χ0n) is 35.4. The van der Waals surface area contributed by atoms with Gasteiger partial charge in [-0.25, -0.2) is 4.98 Å². The van der Waals surface area contributed by atoms with Gasteiger partial charge in [0.05, 0.1) is 31.0 Å². The molecule has 2 aromatic heterocycles. The molecule has 0 spiro atoms. The number of fused-ring (bicyclic) bond motifs is 5. The van der Waals surface area contributed by atoms with Crippen molar-refractivity contribution in [1.29, 1.82) is 0 Å². The Balaban J connectivity index is 0.869. The standard InChI is InChI=1S/C45H52N8O9/c1-5-18-60-19-9-16-46-40(54)15-17-47-43(56)38-23-29-21-30(13-14-35(29)62-38)48-44(57)42-50-39(27-52(42)3)49-41(55)12-8-20-61-37-25-34-32(24-36(37)59-4)45(58)53-31(26-51(34)2)22-28-10-6-7-11-33(28)53/h6-7,10-11,13-14,21,23-25,27,31H,5,8-9,12,15-20,22,26H2,1-4H3,(H,46,54)(H,47,56)(H,48,57)(H,49,55)/t31-/m0/s1. The number of furan rings is 1.